The molecule has 38 heteroatoms. The zero-order chi connectivity index (χ0) is 99.8. The number of alkyl halides is 3. The van der Waals surface area contributed by atoms with Gasteiger partial charge in [-0.05, 0) is 195 Å². The predicted octanol–water partition coefficient (Wildman–Crippen LogP) is 11.9. The van der Waals surface area contributed by atoms with Gasteiger partial charge in [0, 0.05) is 37.8 Å². The number of hydrogen-bond donors (Lipinski definition) is 12. The molecule has 3 fully saturated rings. The molecular formula is C98H128F3N13O22. The van der Waals surface area contributed by atoms with Crippen molar-refractivity contribution in [1.82, 2.24) is 62.6 Å². The van der Waals surface area contributed by atoms with Crippen molar-refractivity contribution in [1.29, 1.82) is 0 Å². The first-order valence-corrected chi connectivity index (χ1v) is 45.2. The number of halogens is 3. The Balaban J connectivity index is 0.000000220. The van der Waals surface area contributed by atoms with Crippen LogP contribution in [0.2, 0.25) is 0 Å². The highest BCUT2D eigenvalue weighted by molar-refractivity contribution is 5.92. The lowest BCUT2D eigenvalue weighted by molar-refractivity contribution is -0.186. The highest BCUT2D eigenvalue weighted by atomic mass is 19.4. The molecule has 12 rings (SSSR count). The Labute approximate surface area is 789 Å². The maximum atomic E-state index is 13.5. The quantitative estimate of drug-likeness (QED) is 0.0281. The summed E-state index contributed by atoms with van der Waals surface area (Å²) in [5.41, 5.74) is 12.7. The molecule has 0 spiro atoms. The molecule has 136 heavy (non-hydrogen) atoms. The van der Waals surface area contributed by atoms with E-state index in [1.165, 1.54) is 26.5 Å². The van der Waals surface area contributed by atoms with Crippen molar-refractivity contribution in [2.24, 2.45) is 11.1 Å². The number of carboxylic acids is 2. The van der Waals surface area contributed by atoms with Crippen LogP contribution in [0.4, 0.5) is 41.9 Å². The standard InChI is InChI=1S/C30H38N4O6.C27H29F3N4O5.C20H29N3O3.C11H21NO4.C10H11NO4/c1-30(2,3)40-29(38)34-18-22(32-26(35)17-31-28(37)39-19-20-10-5-4-6-11-20)16-25(34)27(36)33-24-15-9-13-21-12-7-8-14-23(21)24;28-27(29,30)25(37)34-15-19(32-23(35)14-31-26(38)39-16-17-7-2-1-3-8-17)13-22(34)24(36)33-21-12-6-10-18-9-4-5-11-20(18)21;1-20(2,3)26-19(25)23-12-14(21)11-17(23)18(24)22-16-10-6-8-13-7-4-5-9-15(13)16;1-10(2,3)7(8(13)14)12-9(15)16-11(4,5)6;12-9(13)6-11-10(14)15-7-8-4-2-1-3-5-8/h4-8,10-12,14,22,24-25H,9,13,15-19H2,1-3H3,(H,31,37)(H,32,35)(H,33,36);1-5,7-9,11,19,21-22H,6,10,12-16H2,(H,31,38)(H,32,35)(H,33,36);4-5,7,9,14,16-17H,6,8,10-12,21H2,1-3H3,(H,22,24);7H,1-6H3,(H,12,15)(H,13,14);1-5H,6-7H2,(H,11,14)(H,12,13)/t22-,24+,25-;19-,21+,22-;14-,16+,17-;7-;/m0001./s1. The minimum atomic E-state index is -5.18. The molecule has 35 nitrogen and oxygen atoms in total. The van der Waals surface area contributed by atoms with Gasteiger partial charge in [-0.1, -0.05) is 185 Å². The van der Waals surface area contributed by atoms with E-state index in [1.54, 1.807) is 86.6 Å². The van der Waals surface area contributed by atoms with Crippen LogP contribution in [-0.4, -0.2) is 213 Å². The minimum absolute atomic E-state index is 0.00626. The molecule has 3 aliphatic carbocycles. The van der Waals surface area contributed by atoms with Crippen LogP contribution in [0.15, 0.2) is 164 Å². The number of hydrogen-bond acceptors (Lipinski definition) is 21. The monoisotopic (exact) mass is 1900 g/mol. The fourth-order valence-corrected chi connectivity index (χ4v) is 15.8. The summed E-state index contributed by atoms with van der Waals surface area (Å²) in [6, 6.07) is 45.1. The third-order valence-electron chi connectivity index (χ3n) is 22.0. The van der Waals surface area contributed by atoms with E-state index in [1.807, 2.05) is 142 Å². The Kier molecular flexibility index (Phi) is 39.7. The van der Waals surface area contributed by atoms with Gasteiger partial charge in [0.05, 0.1) is 18.1 Å². The molecule has 3 saturated heterocycles. The summed E-state index contributed by atoms with van der Waals surface area (Å²) in [4.78, 5) is 173. The zero-order valence-corrected chi connectivity index (χ0v) is 78.8. The summed E-state index contributed by atoms with van der Waals surface area (Å²) in [6.45, 7) is 20.0. The van der Waals surface area contributed by atoms with Crippen LogP contribution >= 0.6 is 0 Å². The fourth-order valence-electron chi connectivity index (χ4n) is 15.8. The van der Waals surface area contributed by atoms with Crippen LogP contribution < -0.4 is 53.6 Å². The summed E-state index contributed by atoms with van der Waals surface area (Å²) in [6.07, 6.45) is -0.801. The molecule has 0 radical (unpaired) electrons. The molecule has 738 valence electrons. The molecular weight excluding hydrogens is 1770 g/mol. The molecule has 6 aromatic rings. The lowest BCUT2D eigenvalue weighted by Gasteiger charge is -2.31. The van der Waals surface area contributed by atoms with E-state index in [0.717, 1.165) is 84.7 Å². The number of ether oxygens (including phenoxy) is 6. The van der Waals surface area contributed by atoms with Gasteiger partial charge in [-0.25, -0.2) is 33.6 Å². The second kappa shape index (κ2) is 50.1. The summed E-state index contributed by atoms with van der Waals surface area (Å²) < 4.78 is 70.9. The van der Waals surface area contributed by atoms with Crippen molar-refractivity contribution in [3.63, 3.8) is 0 Å². The molecule has 12 amide bonds. The van der Waals surface area contributed by atoms with Crippen molar-refractivity contribution < 1.29 is 119 Å². The van der Waals surface area contributed by atoms with Crippen LogP contribution in [-0.2, 0) is 106 Å². The molecule has 0 saturated carbocycles. The average Bonchev–Trinajstić information content (AvgIpc) is 1.57. The Morgan fingerprint density at radius 1 is 0.397 bits per heavy atom. The van der Waals surface area contributed by atoms with Crippen molar-refractivity contribution >= 4 is 83.9 Å². The molecule has 0 aromatic heterocycles. The van der Waals surface area contributed by atoms with E-state index >= 15 is 0 Å². The second-order valence-corrected chi connectivity index (χ2v) is 37.6. The highest BCUT2D eigenvalue weighted by Gasteiger charge is 2.51. The van der Waals surface area contributed by atoms with E-state index in [9.17, 15) is 80.3 Å². The molecule has 3 heterocycles. The predicted molar refractivity (Wildman–Crippen MR) is 493 cm³/mol. The van der Waals surface area contributed by atoms with Crippen LogP contribution in [0.3, 0.4) is 0 Å². The number of aryl methyl sites for hydroxylation is 3. The first-order valence-electron chi connectivity index (χ1n) is 45.2. The van der Waals surface area contributed by atoms with Crippen LogP contribution in [0.25, 0.3) is 0 Å². The largest absolute Gasteiger partial charge is 0.480 e. The van der Waals surface area contributed by atoms with E-state index in [2.05, 4.69) is 66.1 Å². The first-order chi connectivity index (χ1) is 64.1. The van der Waals surface area contributed by atoms with E-state index in [4.69, 9.17) is 44.4 Å². The summed E-state index contributed by atoms with van der Waals surface area (Å²) in [5.74, 6) is -6.62. The third-order valence-corrected chi connectivity index (χ3v) is 22.0. The lowest BCUT2D eigenvalue weighted by Crippen LogP contribution is -2.51. The Morgan fingerprint density at radius 2 is 0.713 bits per heavy atom. The molecule has 10 atom stereocenters. The minimum Gasteiger partial charge on any atom is -0.480 e. The van der Waals surface area contributed by atoms with E-state index < -0.39 is 156 Å². The molecule has 13 N–H and O–H groups in total. The highest BCUT2D eigenvalue weighted by Crippen LogP contribution is 2.36. The number of benzene rings is 6. The summed E-state index contributed by atoms with van der Waals surface area (Å²) in [7, 11) is 0. The number of carbonyl (C=O) groups excluding carboxylic acids is 12. The zero-order valence-electron chi connectivity index (χ0n) is 78.8. The van der Waals surface area contributed by atoms with Crippen molar-refractivity contribution in [3.8, 4) is 0 Å². The Hall–Kier alpha value is -13.6. The number of fused-ring (bicyclic) bond motifs is 3. The van der Waals surface area contributed by atoms with Gasteiger partial charge in [0.25, 0.3) is 0 Å². The van der Waals surface area contributed by atoms with E-state index in [-0.39, 0.29) is 81.7 Å². The maximum Gasteiger partial charge on any atom is 0.471 e. The number of nitrogens with zero attached hydrogens (tertiary/aromatic N) is 3. The number of alkyl carbamates (subject to hydrolysis) is 4. The fraction of sp³-hybridized carbons (Fsp3) is 0.490. The maximum absolute atomic E-state index is 13.5. The van der Waals surface area contributed by atoms with Crippen LogP contribution in [0.1, 0.15) is 209 Å². The Morgan fingerprint density at radius 3 is 1.04 bits per heavy atom. The first kappa shape index (κ1) is 108. The molecule has 6 aromatic carbocycles. The van der Waals surface area contributed by atoms with Gasteiger partial charge in [-0.3, -0.25) is 43.4 Å². The van der Waals surface area contributed by atoms with Gasteiger partial charge in [-0.15, -0.1) is 0 Å². The van der Waals surface area contributed by atoms with Crippen LogP contribution in [0.5, 0.6) is 0 Å². The van der Waals surface area contributed by atoms with Gasteiger partial charge < -0.3 is 97.1 Å². The lowest BCUT2D eigenvalue weighted by atomic mass is 9.87. The normalized spacial score (nSPS) is 19.4. The second-order valence-electron chi connectivity index (χ2n) is 37.6. The summed E-state index contributed by atoms with van der Waals surface area (Å²) in [5, 5.41) is 40.8. The number of likely N-dealkylation sites (tertiary alicyclic amines) is 3. The number of amides is 12. The molecule has 0 bridgehead atoms. The third kappa shape index (κ3) is 36.0. The van der Waals surface area contributed by atoms with Gasteiger partial charge in [0.2, 0.25) is 29.5 Å². The average molecular weight is 1900 g/mol. The molecule has 6 aliphatic rings. The van der Waals surface area contributed by atoms with E-state index in [0.29, 0.717) is 24.3 Å². The van der Waals surface area contributed by atoms with Crippen molar-refractivity contribution in [2.45, 2.75) is 263 Å². The SMILES string of the molecule is CC(C)(C)OC(=O)N1C[C@@H](N)C[C@H]1C(=O)N[C@@H]1CCCc2ccccc21.CC(C)(C)OC(=O)N1C[C@@H](NC(=O)CNC(=O)OCc2ccccc2)C[C@H]1C(=O)N[C@@H]1CCCc2ccccc21.CC(C)(C)OC(=O)N[C@H](C(=O)O)C(C)(C)C.O=C(CNC(=O)OCc1ccccc1)N[C@H]1C[C@@H](C(=O)N[C@@H]2CCCc3ccccc32)N(C(=O)C(F)(F)F)C1.O=C(O)CNC(=O)OCc1ccccc1. The number of nitrogens with two attached hydrogens (primary N) is 1. The number of nitrogens with one attached hydrogen (secondary N) is 9. The Bertz CT molecular complexity index is 5070. The van der Waals surface area contributed by atoms with Gasteiger partial charge in [0.1, 0.15) is 80.4 Å². The number of aliphatic carboxylic acids is 2. The molecule has 0 unspecified atom stereocenters. The molecule has 3 aliphatic heterocycles. The van der Waals surface area contributed by atoms with Crippen molar-refractivity contribution in [3.05, 3.63) is 214 Å². The number of carboxylic acid groups (broad SMARTS) is 2. The smallest absolute Gasteiger partial charge is 0.471 e. The van der Waals surface area contributed by atoms with Gasteiger partial charge >= 0.3 is 60.6 Å². The van der Waals surface area contributed by atoms with Crippen molar-refractivity contribution in [2.75, 3.05) is 39.3 Å². The van der Waals surface area contributed by atoms with Gasteiger partial charge in [-0.2, -0.15) is 13.2 Å². The topological polar surface area (TPSA) is 479 Å². The van der Waals surface area contributed by atoms with Crippen LogP contribution in [0, 0.1) is 5.41 Å². The number of rotatable bonds is 22. The number of carbonyl (C=O) groups is 14. The summed E-state index contributed by atoms with van der Waals surface area (Å²) >= 11 is 0. The van der Waals surface area contributed by atoms with Gasteiger partial charge in [0.15, 0.2) is 0 Å².